The second kappa shape index (κ2) is 5.02. The molecule has 21 heavy (non-hydrogen) atoms. The summed E-state index contributed by atoms with van der Waals surface area (Å²) in [6, 6.07) is 9.94. The van der Waals surface area contributed by atoms with Gasteiger partial charge in [-0.25, -0.2) is 0 Å². The molecule has 1 amide bonds. The van der Waals surface area contributed by atoms with E-state index >= 15 is 0 Å². The van der Waals surface area contributed by atoms with Crippen LogP contribution in [0.1, 0.15) is 19.3 Å². The highest BCUT2D eigenvalue weighted by Crippen LogP contribution is 2.33. The minimum absolute atomic E-state index is 0.0836. The predicted octanol–water partition coefficient (Wildman–Crippen LogP) is 2.62. The molecule has 108 valence electrons. The van der Waals surface area contributed by atoms with Crippen LogP contribution in [0.2, 0.25) is 0 Å². The average Bonchev–Trinajstić information content (AvgIpc) is 3.27. The first kappa shape index (κ1) is 12.6. The molecule has 0 bridgehead atoms. The number of likely N-dealkylation sites (tertiary alicyclic amines) is 1. The third kappa shape index (κ3) is 2.46. The standard InChI is InChI=1S/C17H18N2O2/c20-17(13-6-7-13)19-10-8-14(11-19)21-15-5-1-3-12-4-2-9-18-16(12)15/h1-5,9,13-14H,6-8,10-11H2. The minimum atomic E-state index is 0.0836. The Bertz CT molecular complexity index is 676. The highest BCUT2D eigenvalue weighted by molar-refractivity contribution is 5.84. The first-order valence-corrected chi connectivity index (χ1v) is 7.60. The van der Waals surface area contributed by atoms with E-state index in [2.05, 4.69) is 4.98 Å². The molecule has 1 aliphatic carbocycles. The van der Waals surface area contributed by atoms with E-state index in [0.717, 1.165) is 42.5 Å². The number of para-hydroxylation sites is 1. The van der Waals surface area contributed by atoms with E-state index in [1.54, 1.807) is 6.20 Å². The zero-order chi connectivity index (χ0) is 14.2. The van der Waals surface area contributed by atoms with Gasteiger partial charge < -0.3 is 9.64 Å². The summed E-state index contributed by atoms with van der Waals surface area (Å²) in [5, 5.41) is 1.08. The van der Waals surface area contributed by atoms with Gasteiger partial charge in [-0.05, 0) is 25.0 Å². The van der Waals surface area contributed by atoms with Crippen molar-refractivity contribution in [1.29, 1.82) is 0 Å². The van der Waals surface area contributed by atoms with Gasteiger partial charge in [0.15, 0.2) is 0 Å². The molecule has 4 heteroatoms. The number of aromatic nitrogens is 1. The van der Waals surface area contributed by atoms with Crippen molar-refractivity contribution in [2.75, 3.05) is 13.1 Å². The number of amides is 1. The summed E-state index contributed by atoms with van der Waals surface area (Å²) < 4.78 is 6.11. The number of pyridine rings is 1. The minimum Gasteiger partial charge on any atom is -0.486 e. The zero-order valence-electron chi connectivity index (χ0n) is 11.9. The van der Waals surface area contributed by atoms with Crippen molar-refractivity contribution in [1.82, 2.24) is 9.88 Å². The van der Waals surface area contributed by atoms with Crippen molar-refractivity contribution in [3.63, 3.8) is 0 Å². The van der Waals surface area contributed by atoms with E-state index < -0.39 is 0 Å². The van der Waals surface area contributed by atoms with Crippen LogP contribution in [0.25, 0.3) is 10.9 Å². The first-order chi connectivity index (χ1) is 10.3. The molecular formula is C17H18N2O2. The number of nitrogens with zero attached hydrogens (tertiary/aromatic N) is 2. The first-order valence-electron chi connectivity index (χ1n) is 7.60. The Morgan fingerprint density at radius 1 is 1.19 bits per heavy atom. The van der Waals surface area contributed by atoms with Gasteiger partial charge >= 0.3 is 0 Å². The Balaban J connectivity index is 1.49. The van der Waals surface area contributed by atoms with Gasteiger partial charge in [-0.2, -0.15) is 0 Å². The van der Waals surface area contributed by atoms with Gasteiger partial charge in [0.1, 0.15) is 17.4 Å². The van der Waals surface area contributed by atoms with E-state index in [1.165, 1.54) is 0 Å². The second-order valence-corrected chi connectivity index (χ2v) is 5.92. The summed E-state index contributed by atoms with van der Waals surface area (Å²) in [7, 11) is 0. The van der Waals surface area contributed by atoms with E-state index in [1.807, 2.05) is 35.2 Å². The van der Waals surface area contributed by atoms with Crippen LogP contribution in [0.4, 0.5) is 0 Å². The fraction of sp³-hybridized carbons (Fsp3) is 0.412. The van der Waals surface area contributed by atoms with Crippen molar-refractivity contribution < 1.29 is 9.53 Å². The summed E-state index contributed by atoms with van der Waals surface area (Å²) >= 11 is 0. The molecule has 1 atom stereocenters. The maximum atomic E-state index is 12.1. The van der Waals surface area contributed by atoms with Gasteiger partial charge in [0.2, 0.25) is 5.91 Å². The molecule has 2 fully saturated rings. The van der Waals surface area contributed by atoms with Crippen molar-refractivity contribution in [2.24, 2.45) is 5.92 Å². The zero-order valence-corrected chi connectivity index (χ0v) is 11.9. The van der Waals surface area contributed by atoms with Crippen molar-refractivity contribution in [3.8, 4) is 5.75 Å². The summed E-state index contributed by atoms with van der Waals surface area (Å²) in [5.74, 6) is 1.43. The van der Waals surface area contributed by atoms with Gasteiger partial charge in [0, 0.05) is 30.5 Å². The van der Waals surface area contributed by atoms with Crippen LogP contribution >= 0.6 is 0 Å². The summed E-state index contributed by atoms with van der Waals surface area (Å²) in [6.07, 6.45) is 4.90. The Labute approximate surface area is 123 Å². The Morgan fingerprint density at radius 3 is 2.90 bits per heavy atom. The van der Waals surface area contributed by atoms with Gasteiger partial charge in [-0.3, -0.25) is 9.78 Å². The van der Waals surface area contributed by atoms with Crippen LogP contribution in [0.5, 0.6) is 5.75 Å². The average molecular weight is 282 g/mol. The lowest BCUT2D eigenvalue weighted by atomic mass is 10.2. The van der Waals surface area contributed by atoms with Crippen molar-refractivity contribution in [3.05, 3.63) is 36.5 Å². The number of hydrogen-bond acceptors (Lipinski definition) is 3. The molecule has 0 spiro atoms. The molecule has 0 N–H and O–H groups in total. The summed E-state index contributed by atoms with van der Waals surface area (Å²) in [6.45, 7) is 1.52. The van der Waals surface area contributed by atoms with Crippen LogP contribution < -0.4 is 4.74 Å². The largest absolute Gasteiger partial charge is 0.486 e. The molecule has 2 heterocycles. The molecular weight excluding hydrogens is 264 g/mol. The fourth-order valence-electron chi connectivity index (χ4n) is 2.96. The van der Waals surface area contributed by atoms with E-state index in [0.29, 0.717) is 18.4 Å². The molecule has 4 nitrogen and oxygen atoms in total. The number of carbonyl (C=O) groups is 1. The van der Waals surface area contributed by atoms with Gasteiger partial charge in [0.05, 0.1) is 6.54 Å². The maximum Gasteiger partial charge on any atom is 0.225 e. The molecule has 0 radical (unpaired) electrons. The van der Waals surface area contributed by atoms with Crippen LogP contribution in [0.15, 0.2) is 36.5 Å². The van der Waals surface area contributed by atoms with Crippen LogP contribution in [-0.2, 0) is 4.79 Å². The van der Waals surface area contributed by atoms with E-state index in [-0.39, 0.29) is 6.10 Å². The molecule has 1 saturated heterocycles. The van der Waals surface area contributed by atoms with Crippen LogP contribution in [0, 0.1) is 5.92 Å². The summed E-state index contributed by atoms with van der Waals surface area (Å²) in [5.41, 5.74) is 0.895. The lowest BCUT2D eigenvalue weighted by molar-refractivity contribution is -0.131. The van der Waals surface area contributed by atoms with Gasteiger partial charge in [-0.1, -0.05) is 18.2 Å². The number of hydrogen-bond donors (Lipinski definition) is 0. The molecule has 1 aromatic heterocycles. The third-order valence-corrected chi connectivity index (χ3v) is 4.27. The quantitative estimate of drug-likeness (QED) is 0.869. The van der Waals surface area contributed by atoms with E-state index in [9.17, 15) is 4.79 Å². The van der Waals surface area contributed by atoms with E-state index in [4.69, 9.17) is 4.74 Å². The number of carbonyl (C=O) groups excluding carboxylic acids is 1. The molecule has 1 unspecified atom stereocenters. The Hall–Kier alpha value is -2.10. The highest BCUT2D eigenvalue weighted by atomic mass is 16.5. The topological polar surface area (TPSA) is 42.4 Å². The Kier molecular flexibility index (Phi) is 3.02. The molecule has 2 aromatic rings. The Morgan fingerprint density at radius 2 is 2.05 bits per heavy atom. The molecule has 2 aliphatic rings. The second-order valence-electron chi connectivity index (χ2n) is 5.92. The smallest absolute Gasteiger partial charge is 0.225 e. The summed E-state index contributed by atoms with van der Waals surface area (Å²) in [4.78, 5) is 18.4. The van der Waals surface area contributed by atoms with Crippen LogP contribution in [-0.4, -0.2) is 35.0 Å². The molecule has 1 aliphatic heterocycles. The number of ether oxygens (including phenoxy) is 1. The number of rotatable bonds is 3. The SMILES string of the molecule is O=C(C1CC1)N1CCC(Oc2cccc3cccnc23)C1. The lowest BCUT2D eigenvalue weighted by Crippen LogP contribution is -2.31. The van der Waals surface area contributed by atoms with Crippen molar-refractivity contribution in [2.45, 2.75) is 25.4 Å². The van der Waals surface area contributed by atoms with Crippen molar-refractivity contribution >= 4 is 16.8 Å². The maximum absolute atomic E-state index is 12.1. The monoisotopic (exact) mass is 282 g/mol. The molecule has 4 rings (SSSR count). The number of fused-ring (bicyclic) bond motifs is 1. The van der Waals surface area contributed by atoms with Gasteiger partial charge in [-0.15, -0.1) is 0 Å². The third-order valence-electron chi connectivity index (χ3n) is 4.27. The lowest BCUT2D eigenvalue weighted by Gasteiger charge is -2.17. The van der Waals surface area contributed by atoms with Crippen LogP contribution in [0.3, 0.4) is 0 Å². The van der Waals surface area contributed by atoms with Gasteiger partial charge in [0.25, 0.3) is 0 Å². The highest BCUT2D eigenvalue weighted by Gasteiger charge is 2.37. The predicted molar refractivity (Wildman–Crippen MR) is 80.1 cm³/mol. The number of benzene rings is 1. The normalized spacial score (nSPS) is 21.7. The molecule has 1 aromatic carbocycles. The molecule has 1 saturated carbocycles. The fourth-order valence-corrected chi connectivity index (χ4v) is 2.96.